The molecule has 1 aromatic rings. The second kappa shape index (κ2) is 7.18. The number of hydrogen-bond donors (Lipinski definition) is 0. The largest absolute Gasteiger partial charge is 0.378 e. The van der Waals surface area contributed by atoms with Gasteiger partial charge in [0, 0.05) is 0 Å². The molecule has 4 nitrogen and oxygen atoms in total. The van der Waals surface area contributed by atoms with Crippen molar-refractivity contribution in [3.05, 3.63) is 35.4 Å². The Balaban J connectivity index is 1.28. The average molecular weight is 278 g/mol. The van der Waals surface area contributed by atoms with Crippen molar-refractivity contribution in [1.29, 1.82) is 0 Å². The lowest BCUT2D eigenvalue weighted by Crippen LogP contribution is -2.06. The lowest BCUT2D eigenvalue weighted by Gasteiger charge is -2.05. The zero-order chi connectivity index (χ0) is 13.6. The first-order valence-corrected chi connectivity index (χ1v) is 7.36. The first-order chi connectivity index (χ1) is 9.90. The molecular weight excluding hydrogens is 256 g/mol. The molecule has 0 aromatic heterocycles. The first-order valence-electron chi connectivity index (χ1n) is 7.36. The van der Waals surface area contributed by atoms with E-state index in [1.807, 2.05) is 0 Å². The van der Waals surface area contributed by atoms with Gasteiger partial charge in [-0.1, -0.05) is 24.3 Å². The van der Waals surface area contributed by atoms with E-state index in [1.165, 1.54) is 11.1 Å². The van der Waals surface area contributed by atoms with Crippen LogP contribution in [0.3, 0.4) is 0 Å². The van der Waals surface area contributed by atoms with Crippen molar-refractivity contribution >= 4 is 0 Å². The number of epoxide rings is 2. The molecule has 0 N–H and O–H groups in total. The van der Waals surface area contributed by atoms with Crippen LogP contribution in [0.2, 0.25) is 0 Å². The van der Waals surface area contributed by atoms with E-state index < -0.39 is 0 Å². The van der Waals surface area contributed by atoms with Crippen LogP contribution in [-0.4, -0.2) is 51.8 Å². The molecule has 0 saturated carbocycles. The van der Waals surface area contributed by atoms with E-state index in [0.29, 0.717) is 12.2 Å². The van der Waals surface area contributed by atoms with Crippen molar-refractivity contribution in [1.82, 2.24) is 0 Å². The van der Waals surface area contributed by atoms with E-state index in [1.54, 1.807) is 0 Å². The fourth-order valence-electron chi connectivity index (χ4n) is 2.01. The van der Waals surface area contributed by atoms with E-state index in [0.717, 1.165) is 52.5 Å². The Kier molecular flexibility index (Phi) is 5.03. The van der Waals surface area contributed by atoms with Gasteiger partial charge in [-0.3, -0.25) is 0 Å². The second-order valence-corrected chi connectivity index (χ2v) is 5.38. The fraction of sp³-hybridized carbons (Fsp3) is 0.625. The molecule has 20 heavy (non-hydrogen) atoms. The fourth-order valence-corrected chi connectivity index (χ4v) is 2.01. The third-order valence-corrected chi connectivity index (χ3v) is 3.51. The third-order valence-electron chi connectivity index (χ3n) is 3.51. The van der Waals surface area contributed by atoms with Crippen LogP contribution in [0.5, 0.6) is 0 Å². The molecule has 0 spiro atoms. The molecule has 0 bridgehead atoms. The zero-order valence-corrected chi connectivity index (χ0v) is 11.8. The van der Waals surface area contributed by atoms with Crippen LogP contribution in [0.1, 0.15) is 11.1 Å². The highest BCUT2D eigenvalue weighted by Crippen LogP contribution is 2.11. The Morgan fingerprint density at radius 2 is 1.20 bits per heavy atom. The van der Waals surface area contributed by atoms with Gasteiger partial charge in [0.25, 0.3) is 0 Å². The van der Waals surface area contributed by atoms with E-state index in [-0.39, 0.29) is 0 Å². The highest BCUT2D eigenvalue weighted by atomic mass is 16.6. The Morgan fingerprint density at radius 3 is 1.55 bits per heavy atom. The maximum absolute atomic E-state index is 5.54. The third kappa shape index (κ3) is 5.21. The summed E-state index contributed by atoms with van der Waals surface area (Å²) in [5.74, 6) is 0. The Hall–Kier alpha value is -0.940. The maximum Gasteiger partial charge on any atom is 0.104 e. The van der Waals surface area contributed by atoms with E-state index in [9.17, 15) is 0 Å². The molecule has 2 atom stereocenters. The molecule has 2 saturated heterocycles. The van der Waals surface area contributed by atoms with Crippen molar-refractivity contribution in [3.63, 3.8) is 0 Å². The van der Waals surface area contributed by atoms with Gasteiger partial charge in [-0.2, -0.15) is 0 Å². The van der Waals surface area contributed by atoms with Gasteiger partial charge in [0.15, 0.2) is 0 Å². The van der Waals surface area contributed by atoms with Crippen molar-refractivity contribution in [2.45, 2.75) is 25.0 Å². The highest BCUT2D eigenvalue weighted by Gasteiger charge is 2.22. The van der Waals surface area contributed by atoms with E-state index >= 15 is 0 Å². The van der Waals surface area contributed by atoms with Crippen LogP contribution >= 0.6 is 0 Å². The van der Waals surface area contributed by atoms with Gasteiger partial charge in [-0.25, -0.2) is 0 Å². The van der Waals surface area contributed by atoms with Gasteiger partial charge >= 0.3 is 0 Å². The predicted molar refractivity (Wildman–Crippen MR) is 75.0 cm³/mol. The summed E-state index contributed by atoms with van der Waals surface area (Å²) >= 11 is 0. The van der Waals surface area contributed by atoms with Gasteiger partial charge in [0.05, 0.1) is 39.6 Å². The summed E-state index contributed by atoms with van der Waals surface area (Å²) < 4.78 is 21.3. The molecule has 2 fully saturated rings. The normalized spacial score (nSPS) is 23.8. The van der Waals surface area contributed by atoms with Crippen LogP contribution in [-0.2, 0) is 31.8 Å². The van der Waals surface area contributed by atoms with Crippen molar-refractivity contribution < 1.29 is 18.9 Å². The Labute approximate surface area is 120 Å². The second-order valence-electron chi connectivity index (χ2n) is 5.38. The van der Waals surface area contributed by atoms with Gasteiger partial charge in [-0.05, 0) is 24.0 Å². The van der Waals surface area contributed by atoms with Gasteiger partial charge in [-0.15, -0.1) is 0 Å². The minimum Gasteiger partial charge on any atom is -0.378 e. The van der Waals surface area contributed by atoms with E-state index in [4.69, 9.17) is 18.9 Å². The molecule has 4 heteroatoms. The monoisotopic (exact) mass is 278 g/mol. The molecule has 0 amide bonds. The van der Waals surface area contributed by atoms with Gasteiger partial charge < -0.3 is 18.9 Å². The molecule has 2 heterocycles. The first kappa shape index (κ1) is 14.0. The summed E-state index contributed by atoms with van der Waals surface area (Å²) in [4.78, 5) is 0. The summed E-state index contributed by atoms with van der Waals surface area (Å²) in [5.41, 5.74) is 2.63. The molecule has 2 aliphatic heterocycles. The van der Waals surface area contributed by atoms with Crippen LogP contribution in [0.15, 0.2) is 24.3 Å². The SMILES string of the molecule is c1cc(CCOCC2CO2)ccc1CCOCC1CO1. The van der Waals surface area contributed by atoms with Gasteiger partial charge in [0.1, 0.15) is 12.2 Å². The van der Waals surface area contributed by atoms with Crippen molar-refractivity contribution in [2.75, 3.05) is 39.6 Å². The number of hydrogen-bond acceptors (Lipinski definition) is 4. The Bertz CT molecular complexity index is 356. The van der Waals surface area contributed by atoms with Crippen LogP contribution < -0.4 is 0 Å². The summed E-state index contributed by atoms with van der Waals surface area (Å²) in [5, 5.41) is 0. The Morgan fingerprint density at radius 1 is 0.800 bits per heavy atom. The van der Waals surface area contributed by atoms with Crippen molar-refractivity contribution in [3.8, 4) is 0 Å². The maximum atomic E-state index is 5.54. The lowest BCUT2D eigenvalue weighted by molar-refractivity contribution is 0.119. The minimum atomic E-state index is 0.360. The molecule has 2 aliphatic rings. The molecule has 3 rings (SSSR count). The average Bonchev–Trinajstić information content (AvgIpc) is 3.36. The van der Waals surface area contributed by atoms with Crippen LogP contribution in [0.25, 0.3) is 0 Å². The van der Waals surface area contributed by atoms with Gasteiger partial charge in [0.2, 0.25) is 0 Å². The van der Waals surface area contributed by atoms with E-state index in [2.05, 4.69) is 24.3 Å². The predicted octanol–water partition coefficient (Wildman–Crippen LogP) is 1.60. The van der Waals surface area contributed by atoms with Crippen LogP contribution in [0, 0.1) is 0 Å². The highest BCUT2D eigenvalue weighted by molar-refractivity contribution is 5.22. The quantitative estimate of drug-likeness (QED) is 0.482. The summed E-state index contributed by atoms with van der Waals surface area (Å²) in [7, 11) is 0. The topological polar surface area (TPSA) is 43.5 Å². The molecule has 1 aromatic carbocycles. The smallest absolute Gasteiger partial charge is 0.104 e. The number of ether oxygens (including phenoxy) is 4. The zero-order valence-electron chi connectivity index (χ0n) is 11.8. The van der Waals surface area contributed by atoms with Crippen molar-refractivity contribution in [2.24, 2.45) is 0 Å². The van der Waals surface area contributed by atoms with Crippen LogP contribution in [0.4, 0.5) is 0 Å². The summed E-state index contributed by atoms with van der Waals surface area (Å²) in [6.07, 6.45) is 2.64. The lowest BCUT2D eigenvalue weighted by atomic mass is 10.1. The number of benzene rings is 1. The summed E-state index contributed by atoms with van der Waals surface area (Å²) in [6, 6.07) is 8.71. The summed E-state index contributed by atoms with van der Waals surface area (Å²) in [6.45, 7) is 4.74. The minimum absolute atomic E-state index is 0.360. The number of rotatable bonds is 10. The standard InChI is InChI=1S/C16H22O4/c1-2-14(6-8-18-10-16-12-20-16)4-3-13(1)5-7-17-9-15-11-19-15/h1-4,15-16H,5-12H2. The molecule has 2 unspecified atom stereocenters. The molecule has 110 valence electrons. The molecule has 0 aliphatic carbocycles. The molecular formula is C16H22O4. The molecule has 0 radical (unpaired) electrons.